The predicted molar refractivity (Wildman–Crippen MR) is 106 cm³/mol. The summed E-state index contributed by atoms with van der Waals surface area (Å²) >= 11 is 0. The molecule has 0 spiro atoms. The second kappa shape index (κ2) is 8.98. The average molecular weight is 358 g/mol. The number of nitrogens with one attached hydrogen (secondary N) is 1. The fourth-order valence-electron chi connectivity index (χ4n) is 3.71. The lowest BCUT2D eigenvalue weighted by molar-refractivity contribution is 0.232. The van der Waals surface area contributed by atoms with Crippen molar-refractivity contribution in [2.75, 3.05) is 39.8 Å². The minimum atomic E-state index is 0.634. The molecule has 0 amide bonds. The van der Waals surface area contributed by atoms with Gasteiger partial charge in [0.1, 0.15) is 5.82 Å². The molecule has 1 saturated heterocycles. The Morgan fingerprint density at radius 2 is 2.23 bits per heavy atom. The number of aromatic nitrogens is 3. The number of hydrogen-bond donors (Lipinski definition) is 1. The number of nitrogens with zero attached hydrogens (tertiary/aromatic N) is 6. The van der Waals surface area contributed by atoms with Gasteiger partial charge in [-0.05, 0) is 45.0 Å². The molecule has 0 radical (unpaired) electrons. The molecule has 3 rings (SSSR count). The largest absolute Gasteiger partial charge is 0.357 e. The predicted octanol–water partition coefficient (Wildman–Crippen LogP) is 1.65. The highest BCUT2D eigenvalue weighted by molar-refractivity contribution is 5.79. The third kappa shape index (κ3) is 4.33. The standard InChI is InChI=1S/C19H31N7/c1-4-20-19(24(3)15-16-9-8-13-25(16)5-2)21-12-11-18-23-22-17-10-6-7-14-26(17)18/h6-7,10,14,16H,4-5,8-9,11-13,15H2,1-3H3,(H,20,21). The van der Waals surface area contributed by atoms with Crippen LogP contribution < -0.4 is 5.32 Å². The van der Waals surface area contributed by atoms with Crippen molar-refractivity contribution in [2.24, 2.45) is 4.99 Å². The SMILES string of the molecule is CCNC(=NCCc1nnc2ccccn12)N(C)CC1CCCN1CC. The molecule has 0 aromatic carbocycles. The van der Waals surface area contributed by atoms with Gasteiger partial charge in [0.15, 0.2) is 11.6 Å². The van der Waals surface area contributed by atoms with Gasteiger partial charge in [0, 0.05) is 45.3 Å². The summed E-state index contributed by atoms with van der Waals surface area (Å²) < 4.78 is 2.03. The van der Waals surface area contributed by atoms with Crippen molar-refractivity contribution in [3.8, 4) is 0 Å². The molecule has 2 aromatic rings. The highest BCUT2D eigenvalue weighted by Gasteiger charge is 2.24. The topological polar surface area (TPSA) is 61.1 Å². The first kappa shape index (κ1) is 18.6. The fourth-order valence-corrected chi connectivity index (χ4v) is 3.71. The molecule has 1 N–H and O–H groups in total. The quantitative estimate of drug-likeness (QED) is 0.603. The molecule has 7 heteroatoms. The van der Waals surface area contributed by atoms with Gasteiger partial charge in [-0.25, -0.2) is 0 Å². The number of rotatable bonds is 7. The molecule has 26 heavy (non-hydrogen) atoms. The van der Waals surface area contributed by atoms with E-state index in [4.69, 9.17) is 4.99 Å². The van der Waals surface area contributed by atoms with E-state index in [-0.39, 0.29) is 0 Å². The number of aliphatic imine (C=N–C) groups is 1. The Morgan fingerprint density at radius 3 is 3.04 bits per heavy atom. The molecular weight excluding hydrogens is 326 g/mol. The lowest BCUT2D eigenvalue weighted by Crippen LogP contribution is -2.46. The monoisotopic (exact) mass is 357 g/mol. The van der Waals surface area contributed by atoms with Crippen LogP contribution >= 0.6 is 0 Å². The van der Waals surface area contributed by atoms with Gasteiger partial charge in [0.05, 0.1) is 0 Å². The first-order valence-electron chi connectivity index (χ1n) is 9.75. The lowest BCUT2D eigenvalue weighted by atomic mass is 10.2. The minimum Gasteiger partial charge on any atom is -0.357 e. The Bertz CT molecular complexity index is 724. The van der Waals surface area contributed by atoms with Gasteiger partial charge in [-0.2, -0.15) is 0 Å². The van der Waals surface area contributed by atoms with Gasteiger partial charge in [-0.3, -0.25) is 14.3 Å². The van der Waals surface area contributed by atoms with Crippen LogP contribution in [0.5, 0.6) is 0 Å². The van der Waals surface area contributed by atoms with Crippen LogP contribution in [-0.4, -0.2) is 76.2 Å². The second-order valence-electron chi connectivity index (χ2n) is 6.84. The van der Waals surface area contributed by atoms with E-state index < -0.39 is 0 Å². The summed E-state index contributed by atoms with van der Waals surface area (Å²) in [6, 6.07) is 6.59. The number of pyridine rings is 1. The summed E-state index contributed by atoms with van der Waals surface area (Å²) in [6.45, 7) is 9.32. The van der Waals surface area contributed by atoms with E-state index in [1.807, 2.05) is 28.8 Å². The molecule has 1 aliphatic heterocycles. The summed E-state index contributed by atoms with van der Waals surface area (Å²) in [6.07, 6.45) is 5.37. The molecule has 0 saturated carbocycles. The Kier molecular flexibility index (Phi) is 6.44. The van der Waals surface area contributed by atoms with Crippen LogP contribution in [0.1, 0.15) is 32.5 Å². The molecule has 7 nitrogen and oxygen atoms in total. The zero-order valence-electron chi connectivity index (χ0n) is 16.2. The normalized spacial score (nSPS) is 18.6. The maximum Gasteiger partial charge on any atom is 0.193 e. The highest BCUT2D eigenvalue weighted by Crippen LogP contribution is 2.17. The Hall–Kier alpha value is -2.15. The van der Waals surface area contributed by atoms with Gasteiger partial charge >= 0.3 is 0 Å². The average Bonchev–Trinajstić information content (AvgIpc) is 3.27. The first-order chi connectivity index (χ1) is 12.7. The molecule has 142 valence electrons. The molecule has 3 heterocycles. The van der Waals surface area contributed by atoms with E-state index >= 15 is 0 Å². The maximum atomic E-state index is 4.82. The van der Waals surface area contributed by atoms with E-state index in [1.165, 1.54) is 19.4 Å². The van der Waals surface area contributed by atoms with Crippen molar-refractivity contribution >= 4 is 11.6 Å². The molecule has 1 aliphatic rings. The van der Waals surface area contributed by atoms with Crippen LogP contribution in [0, 0.1) is 0 Å². The fraction of sp³-hybridized carbons (Fsp3) is 0.632. The molecule has 1 fully saturated rings. The van der Waals surface area contributed by atoms with Gasteiger partial charge in [0.25, 0.3) is 0 Å². The van der Waals surface area contributed by atoms with E-state index in [1.54, 1.807) is 0 Å². The Labute approximate surface area is 156 Å². The smallest absolute Gasteiger partial charge is 0.193 e. The highest BCUT2D eigenvalue weighted by atomic mass is 15.3. The summed E-state index contributed by atoms with van der Waals surface area (Å²) in [7, 11) is 2.14. The number of hydrogen-bond acceptors (Lipinski definition) is 4. The zero-order chi connectivity index (χ0) is 18.4. The van der Waals surface area contributed by atoms with E-state index in [2.05, 4.69) is 46.2 Å². The van der Waals surface area contributed by atoms with Gasteiger partial charge < -0.3 is 10.2 Å². The van der Waals surface area contributed by atoms with Crippen LogP contribution in [0.2, 0.25) is 0 Å². The molecule has 0 aliphatic carbocycles. The molecular formula is C19H31N7. The van der Waals surface area contributed by atoms with Crippen molar-refractivity contribution in [3.05, 3.63) is 30.2 Å². The van der Waals surface area contributed by atoms with Gasteiger partial charge in [-0.1, -0.05) is 13.0 Å². The van der Waals surface area contributed by atoms with E-state index in [0.29, 0.717) is 12.6 Å². The van der Waals surface area contributed by atoms with Gasteiger partial charge in [0.2, 0.25) is 0 Å². The van der Waals surface area contributed by atoms with Crippen LogP contribution in [0.4, 0.5) is 0 Å². The van der Waals surface area contributed by atoms with Crippen LogP contribution in [0.25, 0.3) is 5.65 Å². The van der Waals surface area contributed by atoms with Crippen molar-refractivity contribution < 1.29 is 0 Å². The molecule has 1 atom stereocenters. The third-order valence-electron chi connectivity index (χ3n) is 5.07. The molecule has 1 unspecified atom stereocenters. The van der Waals surface area contributed by atoms with Crippen molar-refractivity contribution in [2.45, 2.75) is 39.2 Å². The van der Waals surface area contributed by atoms with Crippen molar-refractivity contribution in [1.82, 2.24) is 29.7 Å². The van der Waals surface area contributed by atoms with Crippen molar-refractivity contribution in [1.29, 1.82) is 0 Å². The van der Waals surface area contributed by atoms with Gasteiger partial charge in [-0.15, -0.1) is 10.2 Å². The Balaban J connectivity index is 1.61. The second-order valence-corrected chi connectivity index (χ2v) is 6.84. The zero-order valence-corrected chi connectivity index (χ0v) is 16.2. The number of guanidine groups is 1. The summed E-state index contributed by atoms with van der Waals surface area (Å²) in [5.74, 6) is 1.93. The molecule has 2 aromatic heterocycles. The Morgan fingerprint density at radius 1 is 1.35 bits per heavy atom. The molecule has 0 bridgehead atoms. The van der Waals surface area contributed by atoms with E-state index in [0.717, 1.165) is 43.5 Å². The van der Waals surface area contributed by atoms with Crippen LogP contribution in [0.3, 0.4) is 0 Å². The van der Waals surface area contributed by atoms with Crippen LogP contribution in [-0.2, 0) is 6.42 Å². The third-order valence-corrected chi connectivity index (χ3v) is 5.07. The minimum absolute atomic E-state index is 0.634. The number of likely N-dealkylation sites (tertiary alicyclic amines) is 1. The first-order valence-corrected chi connectivity index (χ1v) is 9.75. The van der Waals surface area contributed by atoms with E-state index in [9.17, 15) is 0 Å². The lowest BCUT2D eigenvalue weighted by Gasteiger charge is -2.29. The number of fused-ring (bicyclic) bond motifs is 1. The van der Waals surface area contributed by atoms with Crippen LogP contribution in [0.15, 0.2) is 29.4 Å². The van der Waals surface area contributed by atoms with Crippen molar-refractivity contribution in [3.63, 3.8) is 0 Å². The summed E-state index contributed by atoms with van der Waals surface area (Å²) in [4.78, 5) is 9.66. The summed E-state index contributed by atoms with van der Waals surface area (Å²) in [5.41, 5.74) is 0.886. The maximum absolute atomic E-state index is 4.82. The summed E-state index contributed by atoms with van der Waals surface area (Å²) in [5, 5.41) is 11.9. The number of likely N-dealkylation sites (N-methyl/N-ethyl adjacent to an activating group) is 2.